The van der Waals surface area contributed by atoms with Gasteiger partial charge < -0.3 is 4.98 Å². The molecule has 0 aliphatic rings. The second-order valence-electron chi connectivity index (χ2n) is 3.94. The van der Waals surface area contributed by atoms with E-state index in [1.54, 1.807) is 5.51 Å². The van der Waals surface area contributed by atoms with Crippen LogP contribution < -0.4 is 5.56 Å². The Hall–Kier alpha value is -1.79. The van der Waals surface area contributed by atoms with Crippen molar-refractivity contribution in [2.75, 3.05) is 0 Å². The fraction of sp³-hybridized carbons (Fsp3) is 0.0833. The van der Waals surface area contributed by atoms with Gasteiger partial charge in [-0.25, -0.2) is 4.98 Å². The number of fused-ring (bicyclic) bond motifs is 1. The first kappa shape index (κ1) is 11.3. The van der Waals surface area contributed by atoms with Crippen LogP contribution in [0.5, 0.6) is 0 Å². The standard InChI is InChI=1S/C12H9N3OS2/c1-7-2-4-8(5-3-7)15-11(16)9-10(14-12(15)17)18-6-13-9/h2-6H,1H3,(H,14,17). The van der Waals surface area contributed by atoms with Crippen molar-refractivity contribution in [3.8, 4) is 5.69 Å². The molecule has 1 aromatic carbocycles. The van der Waals surface area contributed by atoms with Crippen LogP contribution in [0.2, 0.25) is 0 Å². The Morgan fingerprint density at radius 2 is 2.06 bits per heavy atom. The molecule has 18 heavy (non-hydrogen) atoms. The van der Waals surface area contributed by atoms with E-state index >= 15 is 0 Å². The van der Waals surface area contributed by atoms with Crippen molar-refractivity contribution in [3.63, 3.8) is 0 Å². The average Bonchev–Trinajstić information content (AvgIpc) is 2.80. The maximum absolute atomic E-state index is 12.3. The third-order valence-electron chi connectivity index (χ3n) is 2.69. The van der Waals surface area contributed by atoms with Crippen LogP contribution in [0.4, 0.5) is 0 Å². The lowest BCUT2D eigenvalue weighted by Gasteiger charge is -2.06. The second kappa shape index (κ2) is 4.15. The molecule has 2 heterocycles. The highest BCUT2D eigenvalue weighted by Crippen LogP contribution is 2.13. The summed E-state index contributed by atoms with van der Waals surface area (Å²) in [6, 6.07) is 7.64. The highest BCUT2D eigenvalue weighted by atomic mass is 32.1. The molecule has 3 rings (SSSR count). The molecule has 0 unspecified atom stereocenters. The summed E-state index contributed by atoms with van der Waals surface area (Å²) >= 11 is 6.61. The molecule has 0 aliphatic heterocycles. The fourth-order valence-corrected chi connectivity index (χ4v) is 2.79. The molecule has 1 N–H and O–H groups in total. The van der Waals surface area contributed by atoms with Gasteiger partial charge in [-0.05, 0) is 31.3 Å². The first-order valence-electron chi connectivity index (χ1n) is 5.32. The molecule has 0 spiro atoms. The number of aromatic nitrogens is 3. The van der Waals surface area contributed by atoms with E-state index in [0.717, 1.165) is 11.3 Å². The van der Waals surface area contributed by atoms with Crippen LogP contribution in [0.1, 0.15) is 5.56 Å². The second-order valence-corrected chi connectivity index (χ2v) is 5.18. The Kier molecular flexibility index (Phi) is 2.61. The van der Waals surface area contributed by atoms with Gasteiger partial charge in [0.1, 0.15) is 4.83 Å². The smallest absolute Gasteiger partial charge is 0.286 e. The van der Waals surface area contributed by atoms with Crippen LogP contribution >= 0.6 is 23.6 Å². The average molecular weight is 275 g/mol. The molecule has 0 radical (unpaired) electrons. The molecular formula is C12H9N3OS2. The van der Waals surface area contributed by atoms with Crippen LogP contribution in [-0.4, -0.2) is 14.5 Å². The number of aromatic amines is 1. The number of benzene rings is 1. The highest BCUT2D eigenvalue weighted by molar-refractivity contribution is 7.71. The van der Waals surface area contributed by atoms with Gasteiger partial charge >= 0.3 is 0 Å². The Morgan fingerprint density at radius 1 is 1.33 bits per heavy atom. The Balaban J connectivity index is 2.38. The first-order valence-corrected chi connectivity index (χ1v) is 6.61. The van der Waals surface area contributed by atoms with E-state index in [-0.39, 0.29) is 5.56 Å². The molecule has 0 saturated carbocycles. The lowest BCUT2D eigenvalue weighted by Crippen LogP contribution is -2.20. The molecule has 3 aromatic rings. The van der Waals surface area contributed by atoms with E-state index < -0.39 is 0 Å². The van der Waals surface area contributed by atoms with Gasteiger partial charge in [-0.2, -0.15) is 0 Å². The van der Waals surface area contributed by atoms with Crippen molar-refractivity contribution in [1.29, 1.82) is 0 Å². The monoisotopic (exact) mass is 275 g/mol. The van der Waals surface area contributed by atoms with Crippen molar-refractivity contribution in [2.45, 2.75) is 6.92 Å². The number of hydrogen-bond donors (Lipinski definition) is 1. The lowest BCUT2D eigenvalue weighted by molar-refractivity contribution is 0.937. The molecule has 0 aliphatic carbocycles. The number of H-pyrrole nitrogens is 1. The summed E-state index contributed by atoms with van der Waals surface area (Å²) in [5.41, 5.74) is 3.77. The number of aryl methyl sites for hydroxylation is 1. The van der Waals surface area contributed by atoms with Crippen molar-refractivity contribution < 1.29 is 0 Å². The van der Waals surface area contributed by atoms with Gasteiger partial charge in [0.2, 0.25) is 0 Å². The van der Waals surface area contributed by atoms with Crippen molar-refractivity contribution in [1.82, 2.24) is 14.5 Å². The van der Waals surface area contributed by atoms with E-state index in [2.05, 4.69) is 9.97 Å². The van der Waals surface area contributed by atoms with Crippen molar-refractivity contribution in [2.24, 2.45) is 0 Å². The van der Waals surface area contributed by atoms with E-state index in [1.807, 2.05) is 31.2 Å². The van der Waals surface area contributed by atoms with Crippen LogP contribution in [0.3, 0.4) is 0 Å². The van der Waals surface area contributed by atoms with Gasteiger partial charge in [0.15, 0.2) is 10.3 Å². The van der Waals surface area contributed by atoms with Crippen LogP contribution in [0.15, 0.2) is 34.6 Å². The Bertz CT molecular complexity index is 827. The van der Waals surface area contributed by atoms with Gasteiger partial charge in [0.05, 0.1) is 11.2 Å². The molecular weight excluding hydrogens is 266 g/mol. The van der Waals surface area contributed by atoms with Gasteiger partial charge in [0.25, 0.3) is 5.56 Å². The van der Waals surface area contributed by atoms with E-state index in [4.69, 9.17) is 12.2 Å². The number of nitrogens with one attached hydrogen (secondary N) is 1. The maximum atomic E-state index is 12.3. The zero-order chi connectivity index (χ0) is 12.7. The molecule has 90 valence electrons. The normalized spacial score (nSPS) is 10.9. The van der Waals surface area contributed by atoms with E-state index in [9.17, 15) is 4.79 Å². The van der Waals surface area contributed by atoms with Gasteiger partial charge in [-0.3, -0.25) is 9.36 Å². The Morgan fingerprint density at radius 3 is 2.78 bits per heavy atom. The van der Waals surface area contributed by atoms with E-state index in [0.29, 0.717) is 15.1 Å². The molecule has 0 saturated heterocycles. The minimum Gasteiger partial charge on any atom is -0.322 e. The number of rotatable bonds is 1. The Labute approximate surface area is 112 Å². The summed E-state index contributed by atoms with van der Waals surface area (Å²) in [6.45, 7) is 2.00. The molecule has 0 atom stereocenters. The van der Waals surface area contributed by atoms with Crippen molar-refractivity contribution >= 4 is 33.9 Å². The quantitative estimate of drug-likeness (QED) is 0.695. The summed E-state index contributed by atoms with van der Waals surface area (Å²) in [4.78, 5) is 20.1. The largest absolute Gasteiger partial charge is 0.322 e. The third-order valence-corrected chi connectivity index (χ3v) is 3.72. The third kappa shape index (κ3) is 1.70. The molecule has 0 bridgehead atoms. The summed E-state index contributed by atoms with van der Waals surface area (Å²) < 4.78 is 1.86. The van der Waals surface area contributed by atoms with Gasteiger partial charge in [0, 0.05) is 0 Å². The number of nitrogens with zero attached hydrogens (tertiary/aromatic N) is 2. The summed E-state index contributed by atoms with van der Waals surface area (Å²) in [5, 5.41) is 0. The minimum atomic E-state index is -0.182. The number of hydrogen-bond acceptors (Lipinski definition) is 4. The molecule has 0 fully saturated rings. The zero-order valence-electron chi connectivity index (χ0n) is 9.51. The van der Waals surface area contributed by atoms with Gasteiger partial charge in [-0.15, -0.1) is 11.3 Å². The predicted octanol–water partition coefficient (Wildman–Crippen LogP) is 2.81. The first-order chi connectivity index (χ1) is 8.66. The molecule has 0 amide bonds. The SMILES string of the molecule is Cc1ccc(-n2c(=S)[nH]c3scnc3c2=O)cc1. The highest BCUT2D eigenvalue weighted by Gasteiger charge is 2.09. The molecule has 2 aromatic heterocycles. The van der Waals surface area contributed by atoms with Crippen LogP contribution in [-0.2, 0) is 0 Å². The lowest BCUT2D eigenvalue weighted by atomic mass is 10.2. The molecule has 6 heteroatoms. The van der Waals surface area contributed by atoms with E-state index in [1.165, 1.54) is 15.9 Å². The minimum absolute atomic E-state index is 0.182. The predicted molar refractivity (Wildman–Crippen MR) is 75.1 cm³/mol. The molecule has 4 nitrogen and oxygen atoms in total. The maximum Gasteiger partial charge on any atom is 0.286 e. The summed E-state index contributed by atoms with van der Waals surface area (Å²) in [5.74, 6) is 0. The summed E-state index contributed by atoms with van der Waals surface area (Å²) in [6.07, 6.45) is 0. The topological polar surface area (TPSA) is 50.7 Å². The van der Waals surface area contributed by atoms with Crippen LogP contribution in [0, 0.1) is 11.7 Å². The number of thiazole rings is 1. The van der Waals surface area contributed by atoms with Crippen molar-refractivity contribution in [3.05, 3.63) is 50.5 Å². The van der Waals surface area contributed by atoms with Gasteiger partial charge in [-0.1, -0.05) is 17.7 Å². The van der Waals surface area contributed by atoms with Crippen LogP contribution in [0.25, 0.3) is 16.0 Å². The summed E-state index contributed by atoms with van der Waals surface area (Å²) in [7, 11) is 0. The fourth-order valence-electron chi connectivity index (χ4n) is 1.77. The zero-order valence-corrected chi connectivity index (χ0v) is 11.1.